The molecule has 1 aliphatic heterocycles. The maximum absolute atomic E-state index is 15.1. The third-order valence-electron chi connectivity index (χ3n) is 6.15. The number of rotatable bonds is 3. The van der Waals surface area contributed by atoms with Crippen LogP contribution in [0.2, 0.25) is 5.02 Å². The maximum Gasteiger partial charge on any atom is 0.338 e. The second-order valence-corrected chi connectivity index (χ2v) is 8.57. The van der Waals surface area contributed by atoms with Gasteiger partial charge in [0.2, 0.25) is 5.95 Å². The number of halogens is 2. The average Bonchev–Trinajstić information content (AvgIpc) is 3.12. The van der Waals surface area contributed by atoms with Crippen molar-refractivity contribution in [3.05, 3.63) is 70.1 Å². The molecule has 1 aliphatic carbocycles. The van der Waals surface area contributed by atoms with E-state index in [0.717, 1.165) is 43.1 Å². The summed E-state index contributed by atoms with van der Waals surface area (Å²) in [5.41, 5.74) is 2.72. The lowest BCUT2D eigenvalue weighted by atomic mass is 9.93. The van der Waals surface area contributed by atoms with Gasteiger partial charge in [-0.05, 0) is 56.9 Å². The first kappa shape index (κ1) is 20.1. The summed E-state index contributed by atoms with van der Waals surface area (Å²) in [6, 6.07) is 11.4. The molecule has 1 N–H and O–H groups in total. The minimum atomic E-state index is -0.784. The quantitative estimate of drug-likeness (QED) is 0.509. The molecule has 0 amide bonds. The van der Waals surface area contributed by atoms with Gasteiger partial charge in [0.1, 0.15) is 18.0 Å². The van der Waals surface area contributed by atoms with Gasteiger partial charge in [0.05, 0.1) is 16.6 Å². The van der Waals surface area contributed by atoms with Crippen molar-refractivity contribution in [2.75, 3.05) is 5.32 Å². The van der Waals surface area contributed by atoms with Crippen LogP contribution in [0.3, 0.4) is 0 Å². The molecule has 2 aliphatic rings. The van der Waals surface area contributed by atoms with Crippen molar-refractivity contribution in [3.8, 4) is 0 Å². The van der Waals surface area contributed by atoms with Crippen molar-refractivity contribution in [2.45, 2.75) is 51.2 Å². The van der Waals surface area contributed by atoms with Crippen molar-refractivity contribution in [1.82, 2.24) is 9.55 Å². The first-order valence-electron chi connectivity index (χ1n) is 10.6. The number of nitrogens with one attached hydrogen (secondary N) is 1. The number of fused-ring (bicyclic) bond motifs is 3. The first-order valence-corrected chi connectivity index (χ1v) is 11.0. The molecule has 160 valence electrons. The zero-order valence-electron chi connectivity index (χ0n) is 17.2. The van der Waals surface area contributed by atoms with Crippen LogP contribution in [-0.2, 0) is 9.53 Å². The summed E-state index contributed by atoms with van der Waals surface area (Å²) in [6.07, 6.45) is 4.86. The molecule has 1 saturated carbocycles. The molecular weight excluding hydrogens is 417 g/mol. The molecule has 0 saturated heterocycles. The molecule has 5 nitrogen and oxygen atoms in total. The van der Waals surface area contributed by atoms with Crippen LogP contribution in [0.25, 0.3) is 11.0 Å². The molecule has 1 atom stereocenters. The van der Waals surface area contributed by atoms with Crippen LogP contribution in [0.5, 0.6) is 0 Å². The van der Waals surface area contributed by atoms with Crippen LogP contribution in [0.4, 0.5) is 10.3 Å². The van der Waals surface area contributed by atoms with Gasteiger partial charge in [-0.15, -0.1) is 0 Å². The average molecular weight is 440 g/mol. The highest BCUT2D eigenvalue weighted by Gasteiger charge is 2.38. The number of carbonyl (C=O) groups is 1. The second-order valence-electron chi connectivity index (χ2n) is 8.16. The normalized spacial score (nSPS) is 19.3. The van der Waals surface area contributed by atoms with E-state index in [1.54, 1.807) is 19.1 Å². The lowest BCUT2D eigenvalue weighted by Crippen LogP contribution is -2.32. The minimum Gasteiger partial charge on any atom is -0.459 e. The van der Waals surface area contributed by atoms with Crippen molar-refractivity contribution < 1.29 is 13.9 Å². The Morgan fingerprint density at radius 1 is 1.16 bits per heavy atom. The number of ether oxygens (including phenoxy) is 1. The number of anilines is 1. The number of imidazole rings is 1. The fraction of sp³-hybridized carbons (Fsp3) is 0.333. The van der Waals surface area contributed by atoms with Gasteiger partial charge in [-0.2, -0.15) is 0 Å². The number of nitrogens with zero attached hydrogens (tertiary/aromatic N) is 2. The van der Waals surface area contributed by atoms with Gasteiger partial charge in [-0.3, -0.25) is 4.57 Å². The molecular formula is C24H23ClFN3O2. The lowest BCUT2D eigenvalue weighted by Gasteiger charge is -2.32. The fourth-order valence-electron chi connectivity index (χ4n) is 4.67. The Labute approximate surface area is 184 Å². The number of carbonyl (C=O) groups excluding carboxylic acids is 1. The van der Waals surface area contributed by atoms with Gasteiger partial charge < -0.3 is 10.1 Å². The predicted octanol–water partition coefficient (Wildman–Crippen LogP) is 5.99. The molecule has 1 aromatic heterocycles. The smallest absolute Gasteiger partial charge is 0.338 e. The molecule has 0 radical (unpaired) electrons. The van der Waals surface area contributed by atoms with E-state index in [1.165, 1.54) is 6.07 Å². The molecule has 0 unspecified atom stereocenters. The summed E-state index contributed by atoms with van der Waals surface area (Å²) in [5, 5.41) is 3.48. The SMILES string of the molecule is CC1=C(C(=O)OC2CCCCC2)[C@@H](c2c(F)cccc2Cl)n2c(nc3ccccc32)N1. The van der Waals surface area contributed by atoms with Crippen LogP contribution in [0, 0.1) is 5.82 Å². The minimum absolute atomic E-state index is 0.112. The van der Waals surface area contributed by atoms with Gasteiger partial charge in [0.15, 0.2) is 0 Å². The van der Waals surface area contributed by atoms with Crippen LogP contribution < -0.4 is 5.32 Å². The Balaban J connectivity index is 1.67. The van der Waals surface area contributed by atoms with E-state index in [-0.39, 0.29) is 16.7 Å². The van der Waals surface area contributed by atoms with Gasteiger partial charge in [0, 0.05) is 16.3 Å². The highest BCUT2D eigenvalue weighted by Crippen LogP contribution is 2.43. The summed E-state index contributed by atoms with van der Waals surface area (Å²) in [5.74, 6) is -0.374. The van der Waals surface area contributed by atoms with Crippen LogP contribution in [-0.4, -0.2) is 21.6 Å². The predicted molar refractivity (Wildman–Crippen MR) is 119 cm³/mol. The van der Waals surface area contributed by atoms with Crippen LogP contribution in [0.1, 0.15) is 50.6 Å². The van der Waals surface area contributed by atoms with E-state index in [1.807, 2.05) is 28.8 Å². The molecule has 3 aromatic rings. The van der Waals surface area contributed by atoms with Gasteiger partial charge in [0.25, 0.3) is 0 Å². The zero-order valence-corrected chi connectivity index (χ0v) is 18.0. The number of para-hydroxylation sites is 2. The zero-order chi connectivity index (χ0) is 21.5. The third kappa shape index (κ3) is 3.49. The van der Waals surface area contributed by atoms with Crippen LogP contribution in [0.15, 0.2) is 53.7 Å². The fourth-order valence-corrected chi connectivity index (χ4v) is 4.94. The number of hydrogen-bond donors (Lipinski definition) is 1. The molecule has 2 heterocycles. The number of benzene rings is 2. The summed E-state index contributed by atoms with van der Waals surface area (Å²) in [6.45, 7) is 1.79. The summed E-state index contributed by atoms with van der Waals surface area (Å²) < 4.78 is 22.9. The van der Waals surface area contributed by atoms with Crippen molar-refractivity contribution >= 4 is 34.6 Å². The van der Waals surface area contributed by atoms with E-state index < -0.39 is 17.8 Å². The Morgan fingerprint density at radius 2 is 1.94 bits per heavy atom. The summed E-state index contributed by atoms with van der Waals surface area (Å²) >= 11 is 6.49. The monoisotopic (exact) mass is 439 g/mol. The second kappa shape index (κ2) is 8.00. The highest BCUT2D eigenvalue weighted by atomic mass is 35.5. The number of allylic oxidation sites excluding steroid dienone is 1. The number of aromatic nitrogens is 2. The van der Waals surface area contributed by atoms with E-state index in [9.17, 15) is 4.79 Å². The van der Waals surface area contributed by atoms with Crippen LogP contribution >= 0.6 is 11.6 Å². The van der Waals surface area contributed by atoms with Gasteiger partial charge in [-0.25, -0.2) is 14.2 Å². The largest absolute Gasteiger partial charge is 0.459 e. The third-order valence-corrected chi connectivity index (χ3v) is 6.48. The first-order chi connectivity index (χ1) is 15.0. The number of esters is 1. The Kier molecular flexibility index (Phi) is 5.18. The lowest BCUT2D eigenvalue weighted by molar-refractivity contribution is -0.146. The topological polar surface area (TPSA) is 56.2 Å². The molecule has 0 spiro atoms. The highest BCUT2D eigenvalue weighted by molar-refractivity contribution is 6.31. The van der Waals surface area contributed by atoms with E-state index in [0.29, 0.717) is 17.2 Å². The summed E-state index contributed by atoms with van der Waals surface area (Å²) in [7, 11) is 0. The van der Waals surface area contributed by atoms with Crippen molar-refractivity contribution in [3.63, 3.8) is 0 Å². The Bertz CT molecular complexity index is 1180. The molecule has 1 fully saturated rings. The molecule has 7 heteroatoms. The standard InChI is InChI=1S/C24H23ClFN3O2/c1-14-20(23(30)31-15-8-3-2-4-9-15)22(21-16(25)10-7-11-17(21)26)29-19-13-6-5-12-18(19)28-24(29)27-14/h5-7,10-13,15,22H,2-4,8-9H2,1H3,(H,27,28)/t22-/m0/s1. The van der Waals surface area contributed by atoms with Crippen molar-refractivity contribution in [1.29, 1.82) is 0 Å². The van der Waals surface area contributed by atoms with E-state index >= 15 is 4.39 Å². The van der Waals surface area contributed by atoms with Gasteiger partial charge >= 0.3 is 5.97 Å². The van der Waals surface area contributed by atoms with Crippen molar-refractivity contribution in [2.24, 2.45) is 0 Å². The molecule has 31 heavy (non-hydrogen) atoms. The van der Waals surface area contributed by atoms with E-state index in [4.69, 9.17) is 16.3 Å². The summed E-state index contributed by atoms with van der Waals surface area (Å²) in [4.78, 5) is 18.1. The Hall–Kier alpha value is -2.86. The number of hydrogen-bond acceptors (Lipinski definition) is 4. The van der Waals surface area contributed by atoms with Gasteiger partial charge in [-0.1, -0.05) is 36.2 Å². The maximum atomic E-state index is 15.1. The Morgan fingerprint density at radius 3 is 2.71 bits per heavy atom. The molecule has 2 aromatic carbocycles. The van der Waals surface area contributed by atoms with E-state index in [2.05, 4.69) is 10.3 Å². The molecule has 0 bridgehead atoms. The molecule has 5 rings (SSSR count).